The van der Waals surface area contributed by atoms with Gasteiger partial charge in [0.15, 0.2) is 22.4 Å². The Morgan fingerprint density at radius 2 is 1.75 bits per heavy atom. The summed E-state index contributed by atoms with van der Waals surface area (Å²) < 4.78 is 48.4. The number of hydrogen-bond acceptors (Lipinski definition) is 11. The summed E-state index contributed by atoms with van der Waals surface area (Å²) in [6.45, 7) is 11.5. The van der Waals surface area contributed by atoms with Crippen molar-refractivity contribution in [3.63, 3.8) is 0 Å². The van der Waals surface area contributed by atoms with Crippen LogP contribution in [0.4, 0.5) is 10.6 Å². The molecule has 14 nitrogen and oxygen atoms in total. The Morgan fingerprint density at radius 1 is 0.966 bits per heavy atom. The smallest absolute Gasteiger partial charge is 0.410 e. The van der Waals surface area contributed by atoms with Crippen molar-refractivity contribution in [2.45, 2.75) is 109 Å². The summed E-state index contributed by atoms with van der Waals surface area (Å²) in [5.41, 5.74) is 0.449. The molecule has 3 aliphatic rings. The van der Waals surface area contributed by atoms with E-state index in [1.807, 2.05) is 65.0 Å². The van der Waals surface area contributed by atoms with E-state index in [9.17, 15) is 18.0 Å². The van der Waals surface area contributed by atoms with Crippen molar-refractivity contribution in [3.8, 4) is 17.4 Å². The lowest BCUT2D eigenvalue weighted by molar-refractivity contribution is 0.0130. The summed E-state index contributed by atoms with van der Waals surface area (Å²) in [4.78, 5) is 36.8. The van der Waals surface area contributed by atoms with E-state index in [1.54, 1.807) is 17.2 Å². The van der Waals surface area contributed by atoms with E-state index in [-0.39, 0.29) is 45.7 Å². The van der Waals surface area contributed by atoms with Gasteiger partial charge in [-0.05, 0) is 133 Å². The summed E-state index contributed by atoms with van der Waals surface area (Å²) in [6, 6.07) is 17.0. The monoisotopic (exact) mass is 847 g/mol. The van der Waals surface area contributed by atoms with Gasteiger partial charge >= 0.3 is 6.09 Å². The van der Waals surface area contributed by atoms with Crippen molar-refractivity contribution in [3.05, 3.63) is 83.1 Å². The minimum absolute atomic E-state index is 0.140. The minimum Gasteiger partial charge on any atom is -0.485 e. The number of aromatic nitrogens is 4. The van der Waals surface area contributed by atoms with Gasteiger partial charge in [-0.1, -0.05) is 41.9 Å². The number of halogens is 1. The van der Waals surface area contributed by atoms with Gasteiger partial charge in [-0.25, -0.2) is 24.2 Å². The molecule has 2 aliphatic carbocycles. The van der Waals surface area contributed by atoms with Gasteiger partial charge < -0.3 is 24.4 Å². The Labute approximate surface area is 351 Å². The molecule has 4 aromatic rings. The molecule has 3 aromatic heterocycles. The number of nitrogens with zero attached hydrogens (tertiary/aromatic N) is 5. The van der Waals surface area contributed by atoms with Crippen molar-refractivity contribution in [1.82, 2.24) is 29.4 Å². The summed E-state index contributed by atoms with van der Waals surface area (Å²) in [5, 5.41) is 7.10. The maximum Gasteiger partial charge on any atom is 0.410 e. The van der Waals surface area contributed by atoms with Crippen LogP contribution in [0.5, 0.6) is 11.6 Å². The normalized spacial score (nSPS) is 19.2. The van der Waals surface area contributed by atoms with Crippen LogP contribution in [-0.2, 0) is 21.4 Å². The molecule has 16 heteroatoms. The van der Waals surface area contributed by atoms with Gasteiger partial charge in [-0.2, -0.15) is 8.42 Å². The number of rotatable bonds is 16. The number of carbonyl (C=O) groups excluding carboxylic acids is 2. The van der Waals surface area contributed by atoms with E-state index in [0.717, 1.165) is 30.7 Å². The van der Waals surface area contributed by atoms with Crippen molar-refractivity contribution in [2.75, 3.05) is 25.0 Å². The van der Waals surface area contributed by atoms with Crippen molar-refractivity contribution >= 4 is 39.4 Å². The van der Waals surface area contributed by atoms with Crippen LogP contribution in [0.1, 0.15) is 102 Å². The zero-order valence-corrected chi connectivity index (χ0v) is 35.9. The van der Waals surface area contributed by atoms with E-state index < -0.39 is 21.5 Å². The van der Waals surface area contributed by atoms with Crippen LogP contribution in [0.2, 0.25) is 5.15 Å². The average molecular weight is 848 g/mol. The van der Waals surface area contributed by atoms with Crippen LogP contribution in [0.25, 0.3) is 5.82 Å². The first-order chi connectivity index (χ1) is 28.0. The first-order valence-corrected chi connectivity index (χ1v) is 22.2. The molecule has 1 saturated heterocycles. The largest absolute Gasteiger partial charge is 0.485 e. The quantitative estimate of drug-likeness (QED) is 0.0824. The summed E-state index contributed by atoms with van der Waals surface area (Å²) in [6.07, 6.45) is 10.0. The number of anilines is 1. The van der Waals surface area contributed by atoms with Crippen molar-refractivity contribution in [1.29, 1.82) is 0 Å². The minimum atomic E-state index is -4.47. The van der Waals surface area contributed by atoms with E-state index >= 15 is 0 Å². The molecule has 316 valence electrons. The van der Waals surface area contributed by atoms with E-state index in [2.05, 4.69) is 25.1 Å². The lowest BCUT2D eigenvalue weighted by Crippen LogP contribution is -2.45. The number of hydrogen-bond donors (Lipinski definition) is 2. The predicted molar refractivity (Wildman–Crippen MR) is 223 cm³/mol. The molecule has 59 heavy (non-hydrogen) atoms. The molecule has 2 atom stereocenters. The Morgan fingerprint density at radius 3 is 2.44 bits per heavy atom. The second-order valence-electron chi connectivity index (χ2n) is 17.6. The van der Waals surface area contributed by atoms with Gasteiger partial charge in [-0.15, -0.1) is 5.10 Å². The van der Waals surface area contributed by atoms with Gasteiger partial charge in [0, 0.05) is 30.9 Å². The standard InChI is InChI=1S/C43H54ClN7O7S/c1-41(2,3)58-40(53)50-27-30(26-42(50,4)5)12-9-23-45-38-33(57-28-29-10-7-6-8-11-29)14-16-36(47-38)59(54,55)49-39(52)32-13-15-34(46-37(32)44)51-24-18-35(48-51)56-25-19-31-17-20-43(31)21-22-43/h6-8,10-11,13-16,18,24,30-31H,9,12,17,19-23,25-28H2,1-5H3,(H,45,47)(H,49,52)/t30-,31?/m0/s1. The fourth-order valence-corrected chi connectivity index (χ4v) is 9.32. The fourth-order valence-electron chi connectivity index (χ4n) is 8.17. The molecule has 1 spiro atoms. The Bertz CT molecular complexity index is 2260. The molecule has 0 bridgehead atoms. The molecule has 3 fully saturated rings. The highest BCUT2D eigenvalue weighted by atomic mass is 35.5. The first kappa shape index (κ1) is 42.2. The number of benzene rings is 1. The highest BCUT2D eigenvalue weighted by molar-refractivity contribution is 7.90. The van der Waals surface area contributed by atoms with Crippen LogP contribution >= 0.6 is 11.6 Å². The zero-order chi connectivity index (χ0) is 42.0. The number of amides is 2. The summed E-state index contributed by atoms with van der Waals surface area (Å²) in [7, 11) is -4.47. The first-order valence-electron chi connectivity index (χ1n) is 20.4. The maximum atomic E-state index is 13.6. The summed E-state index contributed by atoms with van der Waals surface area (Å²) >= 11 is 6.44. The van der Waals surface area contributed by atoms with Gasteiger partial charge in [0.25, 0.3) is 15.9 Å². The van der Waals surface area contributed by atoms with Gasteiger partial charge in [0.2, 0.25) is 5.88 Å². The third kappa shape index (κ3) is 10.3. The fraction of sp³-hybridized carbons (Fsp3) is 0.512. The molecule has 2 saturated carbocycles. The number of ether oxygens (including phenoxy) is 3. The molecule has 1 aliphatic heterocycles. The van der Waals surface area contributed by atoms with Crippen molar-refractivity contribution < 1.29 is 32.2 Å². The van der Waals surface area contributed by atoms with Crippen LogP contribution in [0, 0.1) is 17.3 Å². The summed E-state index contributed by atoms with van der Waals surface area (Å²) in [5.74, 6) is 1.38. The van der Waals surface area contributed by atoms with Crippen molar-refractivity contribution in [2.24, 2.45) is 17.3 Å². The van der Waals surface area contributed by atoms with Crippen LogP contribution in [-0.4, -0.2) is 75.9 Å². The number of pyridine rings is 2. The molecular weight excluding hydrogens is 794 g/mol. The highest BCUT2D eigenvalue weighted by Crippen LogP contribution is 2.65. The van der Waals surface area contributed by atoms with Gasteiger partial charge in [0.1, 0.15) is 17.4 Å². The molecule has 7 rings (SSSR count). The molecule has 2 N–H and O–H groups in total. The molecule has 0 radical (unpaired) electrons. The topological polar surface area (TPSA) is 167 Å². The lowest BCUT2D eigenvalue weighted by Gasteiger charge is -2.37. The molecule has 1 aromatic carbocycles. The van der Waals surface area contributed by atoms with E-state index in [0.29, 0.717) is 49.0 Å². The SMILES string of the molecule is CC(C)(C)OC(=O)N1C[C@@H](CCCNc2nc(S(=O)(=O)NC(=O)c3ccc(-n4ccc(OCCC5CCC56CC6)n4)nc3Cl)ccc2OCc2ccccc2)CC1(C)C. The number of carbonyl (C=O) groups is 2. The molecular formula is C43H54ClN7O7S. The lowest BCUT2D eigenvalue weighted by atomic mass is 9.69. The predicted octanol–water partition coefficient (Wildman–Crippen LogP) is 8.20. The second kappa shape index (κ2) is 17.0. The van der Waals surface area contributed by atoms with Crippen LogP contribution < -0.4 is 19.5 Å². The number of likely N-dealkylation sites (tertiary alicyclic amines) is 1. The van der Waals surface area contributed by atoms with E-state index in [4.69, 9.17) is 25.8 Å². The third-order valence-corrected chi connectivity index (χ3v) is 13.1. The molecule has 2 amide bonds. The average Bonchev–Trinajstić information content (AvgIpc) is 3.78. The van der Waals surface area contributed by atoms with Crippen LogP contribution in [0.15, 0.2) is 71.9 Å². The highest BCUT2D eigenvalue weighted by Gasteiger charge is 2.54. The van der Waals surface area contributed by atoms with Crippen LogP contribution in [0.3, 0.4) is 0 Å². The Kier molecular flexibility index (Phi) is 12.2. The van der Waals surface area contributed by atoms with E-state index in [1.165, 1.54) is 54.6 Å². The zero-order valence-electron chi connectivity index (χ0n) is 34.4. The molecule has 1 unspecified atom stereocenters. The maximum absolute atomic E-state index is 13.6. The molecule has 4 heterocycles. The van der Waals surface area contributed by atoms with Gasteiger partial charge in [-0.3, -0.25) is 4.79 Å². The van der Waals surface area contributed by atoms with Gasteiger partial charge in [0.05, 0.1) is 12.2 Å². The number of nitrogens with one attached hydrogen (secondary N) is 2. The third-order valence-electron chi connectivity index (χ3n) is 11.6. The Hall–Kier alpha value is -4.89. The Balaban J connectivity index is 0.976. The number of sulfonamides is 1. The second-order valence-corrected chi connectivity index (χ2v) is 19.6.